The van der Waals surface area contributed by atoms with Gasteiger partial charge < -0.3 is 14.2 Å². The highest BCUT2D eigenvalue weighted by Gasteiger charge is 2.06. The first-order valence-electron chi connectivity index (χ1n) is 7.56. The second-order valence-corrected chi connectivity index (χ2v) is 5.08. The van der Waals surface area contributed by atoms with Crippen LogP contribution in [-0.4, -0.2) is 25.3 Å². The summed E-state index contributed by atoms with van der Waals surface area (Å²) in [7, 11) is 1.64. The van der Waals surface area contributed by atoms with Crippen molar-refractivity contribution in [2.45, 2.75) is 0 Å². The fraction of sp³-hybridized carbons (Fsp3) is 0.150. The van der Waals surface area contributed by atoms with Crippen LogP contribution in [0.5, 0.6) is 17.2 Å². The maximum atomic E-state index is 6.01. The topological polar surface area (TPSA) is 40.6 Å². The number of ether oxygens (including phenoxy) is 3. The van der Waals surface area contributed by atoms with Crippen LogP contribution in [-0.2, 0) is 4.74 Å². The van der Waals surface area contributed by atoms with E-state index in [1.165, 1.54) is 0 Å². The minimum atomic E-state index is 0.493. The van der Waals surface area contributed by atoms with Gasteiger partial charge in [0.15, 0.2) is 0 Å². The zero-order chi connectivity index (χ0) is 16.8. The molecule has 0 aliphatic heterocycles. The molecule has 120 valence electrons. The summed E-state index contributed by atoms with van der Waals surface area (Å²) in [4.78, 5) is 4.41. The number of hydrogen-bond acceptors (Lipinski definition) is 4. The van der Waals surface area contributed by atoms with Gasteiger partial charge in [-0.15, -0.1) is 6.42 Å². The lowest BCUT2D eigenvalue weighted by Gasteiger charge is -2.11. The molecule has 2 aromatic carbocycles. The first-order valence-corrected chi connectivity index (χ1v) is 7.56. The Morgan fingerprint density at radius 2 is 1.83 bits per heavy atom. The molecule has 0 radical (unpaired) electrons. The number of methoxy groups -OCH3 is 1. The fourth-order valence-electron chi connectivity index (χ4n) is 2.29. The number of rotatable bonds is 6. The number of pyridine rings is 1. The molecule has 0 aliphatic carbocycles. The van der Waals surface area contributed by atoms with Crippen molar-refractivity contribution in [1.82, 2.24) is 4.98 Å². The van der Waals surface area contributed by atoms with E-state index in [9.17, 15) is 0 Å². The van der Waals surface area contributed by atoms with Crippen LogP contribution in [0.1, 0.15) is 5.69 Å². The van der Waals surface area contributed by atoms with Crippen molar-refractivity contribution < 1.29 is 14.2 Å². The molecule has 1 aromatic heterocycles. The van der Waals surface area contributed by atoms with Gasteiger partial charge in [0.05, 0.1) is 12.1 Å². The van der Waals surface area contributed by atoms with Crippen LogP contribution in [0.3, 0.4) is 0 Å². The maximum absolute atomic E-state index is 6.01. The normalized spacial score (nSPS) is 10.3. The Bertz CT molecular complexity index is 883. The van der Waals surface area contributed by atoms with Gasteiger partial charge in [-0.25, -0.2) is 4.98 Å². The molecule has 0 N–H and O–H groups in total. The van der Waals surface area contributed by atoms with E-state index in [4.69, 9.17) is 20.6 Å². The van der Waals surface area contributed by atoms with Crippen LogP contribution >= 0.6 is 0 Å². The summed E-state index contributed by atoms with van der Waals surface area (Å²) in [5.41, 5.74) is 1.41. The highest BCUT2D eigenvalue weighted by atomic mass is 16.5. The van der Waals surface area contributed by atoms with Crippen molar-refractivity contribution in [2.24, 2.45) is 0 Å². The smallest absolute Gasteiger partial charge is 0.136 e. The molecule has 0 saturated carbocycles. The third-order valence-corrected chi connectivity index (χ3v) is 3.43. The van der Waals surface area contributed by atoms with Crippen LogP contribution in [0.4, 0.5) is 0 Å². The number of terminal acetylenes is 1. The van der Waals surface area contributed by atoms with Gasteiger partial charge >= 0.3 is 0 Å². The average molecular weight is 319 g/mol. The van der Waals surface area contributed by atoms with Gasteiger partial charge in [-0.3, -0.25) is 0 Å². The van der Waals surface area contributed by atoms with Crippen molar-refractivity contribution >= 4 is 10.9 Å². The van der Waals surface area contributed by atoms with Crippen LogP contribution in [0.2, 0.25) is 0 Å². The van der Waals surface area contributed by atoms with E-state index in [2.05, 4.69) is 10.9 Å². The Labute approximate surface area is 141 Å². The molecule has 0 saturated heterocycles. The van der Waals surface area contributed by atoms with Crippen LogP contribution in [0.15, 0.2) is 54.6 Å². The second kappa shape index (κ2) is 7.49. The van der Waals surface area contributed by atoms with Crippen molar-refractivity contribution in [3.8, 4) is 29.6 Å². The Morgan fingerprint density at radius 3 is 2.67 bits per heavy atom. The van der Waals surface area contributed by atoms with Gasteiger partial charge in [0.2, 0.25) is 0 Å². The van der Waals surface area contributed by atoms with Gasteiger partial charge in [-0.05, 0) is 36.4 Å². The third-order valence-electron chi connectivity index (χ3n) is 3.43. The van der Waals surface area contributed by atoms with Gasteiger partial charge in [-0.1, -0.05) is 18.1 Å². The summed E-state index contributed by atoms with van der Waals surface area (Å²) in [5, 5.41) is 0.905. The zero-order valence-corrected chi connectivity index (χ0v) is 13.4. The number of benzene rings is 2. The second-order valence-electron chi connectivity index (χ2n) is 5.08. The largest absolute Gasteiger partial charge is 0.491 e. The van der Waals surface area contributed by atoms with Gasteiger partial charge in [0.1, 0.15) is 29.5 Å². The van der Waals surface area contributed by atoms with Crippen molar-refractivity contribution in [3.05, 3.63) is 60.3 Å². The first kappa shape index (κ1) is 15.9. The molecular weight excluding hydrogens is 302 g/mol. The summed E-state index contributed by atoms with van der Waals surface area (Å²) in [6.45, 7) is 1.03. The molecule has 0 atom stereocenters. The van der Waals surface area contributed by atoms with Crippen LogP contribution < -0.4 is 9.47 Å². The minimum absolute atomic E-state index is 0.493. The van der Waals surface area contributed by atoms with Crippen molar-refractivity contribution in [2.75, 3.05) is 20.3 Å². The molecule has 0 aliphatic rings. The Hall–Kier alpha value is -3.03. The van der Waals surface area contributed by atoms with E-state index in [0.717, 1.165) is 22.4 Å². The number of nitrogens with zero attached hydrogens (tertiary/aromatic N) is 1. The SMILES string of the molecule is C#Cc1ccc2c(Oc3cccc(OCCOC)c3)cccc2n1. The maximum Gasteiger partial charge on any atom is 0.136 e. The molecule has 4 nitrogen and oxygen atoms in total. The molecule has 1 heterocycles. The molecule has 3 rings (SSSR count). The van der Waals surface area contributed by atoms with Crippen LogP contribution in [0.25, 0.3) is 10.9 Å². The minimum Gasteiger partial charge on any atom is -0.491 e. The van der Waals surface area contributed by atoms with E-state index in [0.29, 0.717) is 24.7 Å². The van der Waals surface area contributed by atoms with E-state index < -0.39 is 0 Å². The Morgan fingerprint density at radius 1 is 1.00 bits per heavy atom. The lowest BCUT2D eigenvalue weighted by molar-refractivity contribution is 0.146. The average Bonchev–Trinajstić information content (AvgIpc) is 2.62. The summed E-state index contributed by atoms with van der Waals surface area (Å²) in [6, 6.07) is 16.9. The number of aromatic nitrogens is 1. The summed E-state index contributed by atoms with van der Waals surface area (Å²) in [6.07, 6.45) is 5.40. The van der Waals surface area contributed by atoms with E-state index >= 15 is 0 Å². The summed E-state index contributed by atoms with van der Waals surface area (Å²) >= 11 is 0. The molecule has 0 amide bonds. The van der Waals surface area contributed by atoms with E-state index in [-0.39, 0.29) is 0 Å². The molecular formula is C20H17NO3. The number of hydrogen-bond donors (Lipinski definition) is 0. The summed E-state index contributed by atoms with van der Waals surface area (Å²) in [5.74, 6) is 4.69. The lowest BCUT2D eigenvalue weighted by Crippen LogP contribution is -2.04. The summed E-state index contributed by atoms with van der Waals surface area (Å²) < 4.78 is 16.6. The number of fused-ring (bicyclic) bond motifs is 1. The molecule has 0 unspecified atom stereocenters. The highest BCUT2D eigenvalue weighted by molar-refractivity contribution is 5.85. The van der Waals surface area contributed by atoms with Gasteiger partial charge in [0, 0.05) is 18.6 Å². The quantitative estimate of drug-likeness (QED) is 0.508. The van der Waals surface area contributed by atoms with Crippen molar-refractivity contribution in [1.29, 1.82) is 0 Å². The fourth-order valence-corrected chi connectivity index (χ4v) is 2.29. The standard InChI is InChI=1S/C20H17NO3/c1-3-15-10-11-18-19(21-15)8-5-9-20(18)24-17-7-4-6-16(14-17)23-13-12-22-2/h1,4-11,14H,12-13H2,2H3. The predicted molar refractivity (Wildman–Crippen MR) is 93.6 cm³/mol. The van der Waals surface area contributed by atoms with Crippen molar-refractivity contribution in [3.63, 3.8) is 0 Å². The lowest BCUT2D eigenvalue weighted by atomic mass is 10.2. The zero-order valence-electron chi connectivity index (χ0n) is 13.4. The van der Waals surface area contributed by atoms with E-state index in [1.54, 1.807) is 13.2 Å². The van der Waals surface area contributed by atoms with Gasteiger partial charge in [-0.2, -0.15) is 0 Å². The van der Waals surface area contributed by atoms with Gasteiger partial charge in [0.25, 0.3) is 0 Å². The third kappa shape index (κ3) is 3.65. The molecule has 3 aromatic rings. The highest BCUT2D eigenvalue weighted by Crippen LogP contribution is 2.30. The Kier molecular flexibility index (Phi) is 4.95. The Balaban J connectivity index is 1.85. The monoisotopic (exact) mass is 319 g/mol. The first-order chi connectivity index (χ1) is 11.8. The predicted octanol–water partition coefficient (Wildman–Crippen LogP) is 4.03. The van der Waals surface area contributed by atoms with E-state index in [1.807, 2.05) is 48.5 Å². The molecule has 0 fully saturated rings. The molecule has 0 bridgehead atoms. The van der Waals surface area contributed by atoms with Crippen LogP contribution in [0, 0.1) is 12.3 Å². The molecule has 4 heteroatoms. The molecule has 0 spiro atoms. The molecule has 24 heavy (non-hydrogen) atoms.